The first kappa shape index (κ1) is 19.9. The lowest BCUT2D eigenvalue weighted by Gasteiger charge is -2.17. The zero-order valence-electron chi connectivity index (χ0n) is 14.8. The highest BCUT2D eigenvalue weighted by Crippen LogP contribution is 2.37. The number of Topliss-reactive ketones (excluding diaryl/α,β-unsaturated/α-hetero) is 1. The molecule has 0 aromatic heterocycles. The van der Waals surface area contributed by atoms with E-state index in [1.165, 1.54) is 32.1 Å². The van der Waals surface area contributed by atoms with Crippen molar-refractivity contribution in [2.75, 3.05) is 0 Å². The maximum Gasteiger partial charge on any atom is 0.303 e. The minimum Gasteiger partial charge on any atom is -0.481 e. The summed E-state index contributed by atoms with van der Waals surface area (Å²) in [6, 6.07) is 0. The fourth-order valence-corrected chi connectivity index (χ4v) is 3.61. The third-order valence-electron chi connectivity index (χ3n) is 5.04. The summed E-state index contributed by atoms with van der Waals surface area (Å²) < 4.78 is 0. The fraction of sp³-hybridized carbons (Fsp3) is 0.800. The quantitative estimate of drug-likeness (QED) is 0.358. The van der Waals surface area contributed by atoms with Crippen LogP contribution in [0.25, 0.3) is 0 Å². The maximum atomic E-state index is 11.9. The predicted octanol–water partition coefficient (Wildman–Crippen LogP) is 5.53. The minimum absolute atomic E-state index is 0.260. The predicted molar refractivity (Wildman–Crippen MR) is 94.5 cm³/mol. The van der Waals surface area contributed by atoms with E-state index < -0.39 is 5.97 Å². The Labute approximate surface area is 141 Å². The van der Waals surface area contributed by atoms with Crippen LogP contribution >= 0.6 is 0 Å². The second-order valence-corrected chi connectivity index (χ2v) is 6.98. The molecule has 0 bridgehead atoms. The van der Waals surface area contributed by atoms with E-state index in [1.807, 2.05) is 0 Å². The van der Waals surface area contributed by atoms with Crippen LogP contribution in [-0.4, -0.2) is 16.9 Å². The highest BCUT2D eigenvalue weighted by atomic mass is 16.4. The first-order valence-electron chi connectivity index (χ1n) is 9.52. The van der Waals surface area contributed by atoms with Crippen molar-refractivity contribution < 1.29 is 14.7 Å². The van der Waals surface area contributed by atoms with E-state index in [0.29, 0.717) is 11.7 Å². The molecule has 3 heteroatoms. The molecule has 1 fully saturated rings. The summed E-state index contributed by atoms with van der Waals surface area (Å²) in [6.07, 6.45) is 17.2. The van der Waals surface area contributed by atoms with Crippen molar-refractivity contribution in [2.24, 2.45) is 11.8 Å². The molecule has 0 heterocycles. The molecule has 132 valence electrons. The summed E-state index contributed by atoms with van der Waals surface area (Å²) in [4.78, 5) is 22.3. The summed E-state index contributed by atoms with van der Waals surface area (Å²) in [5, 5.41) is 8.60. The van der Waals surface area contributed by atoms with Crippen LogP contribution in [0, 0.1) is 11.8 Å². The van der Waals surface area contributed by atoms with Gasteiger partial charge in [0.05, 0.1) is 0 Å². The first-order valence-corrected chi connectivity index (χ1v) is 9.52. The molecule has 2 atom stereocenters. The van der Waals surface area contributed by atoms with E-state index in [-0.39, 0.29) is 6.42 Å². The number of carboxylic acid groups (broad SMARTS) is 1. The number of aliphatic carboxylic acids is 1. The molecule has 0 amide bonds. The Morgan fingerprint density at radius 3 is 2.52 bits per heavy atom. The SMILES string of the molecule is CCCCCC(=O)CC[C@H]1CCC[C@@H]1CC=CCCCC(=O)O. The van der Waals surface area contributed by atoms with Crippen molar-refractivity contribution >= 4 is 11.8 Å². The lowest BCUT2D eigenvalue weighted by atomic mass is 9.88. The number of hydrogen-bond acceptors (Lipinski definition) is 2. The van der Waals surface area contributed by atoms with E-state index >= 15 is 0 Å². The third-order valence-corrected chi connectivity index (χ3v) is 5.04. The average molecular weight is 322 g/mol. The van der Waals surface area contributed by atoms with E-state index in [2.05, 4.69) is 19.1 Å². The number of allylic oxidation sites excluding steroid dienone is 2. The summed E-state index contributed by atoms with van der Waals surface area (Å²) in [7, 11) is 0. The molecule has 1 saturated carbocycles. The van der Waals surface area contributed by atoms with Crippen molar-refractivity contribution in [3.05, 3.63) is 12.2 Å². The smallest absolute Gasteiger partial charge is 0.303 e. The van der Waals surface area contributed by atoms with Gasteiger partial charge in [-0.2, -0.15) is 0 Å². The Bertz CT molecular complexity index is 373. The summed E-state index contributed by atoms with van der Waals surface area (Å²) in [6.45, 7) is 2.17. The second kappa shape index (κ2) is 12.3. The number of carbonyl (C=O) groups excluding carboxylic acids is 1. The first-order chi connectivity index (χ1) is 11.1. The molecule has 1 rings (SSSR count). The van der Waals surface area contributed by atoms with Crippen LogP contribution in [0.1, 0.15) is 90.4 Å². The van der Waals surface area contributed by atoms with Crippen LogP contribution in [0.15, 0.2) is 12.2 Å². The summed E-state index contributed by atoms with van der Waals surface area (Å²) in [5.74, 6) is 1.19. The van der Waals surface area contributed by atoms with E-state index in [1.54, 1.807) is 0 Å². The molecule has 1 aliphatic rings. The molecule has 0 spiro atoms. The normalized spacial score (nSPS) is 21.1. The van der Waals surface area contributed by atoms with E-state index in [0.717, 1.165) is 50.9 Å². The van der Waals surface area contributed by atoms with Gasteiger partial charge in [-0.3, -0.25) is 9.59 Å². The van der Waals surface area contributed by atoms with Crippen LogP contribution in [0.3, 0.4) is 0 Å². The molecule has 0 saturated heterocycles. The number of ketones is 1. The molecule has 23 heavy (non-hydrogen) atoms. The molecule has 1 N–H and O–H groups in total. The standard InChI is InChI=1S/C20H34O3/c1-2-3-6-13-19(21)16-15-18-12-9-11-17(18)10-7-4-5-8-14-20(22)23/h4,7,17-18H,2-3,5-6,8-16H2,1H3,(H,22,23)/t17-,18+/m0/s1. The molecule has 0 aliphatic heterocycles. The van der Waals surface area contributed by atoms with Gasteiger partial charge in [-0.1, -0.05) is 44.8 Å². The molecule has 3 nitrogen and oxygen atoms in total. The molecule has 0 unspecified atom stereocenters. The van der Waals surface area contributed by atoms with Crippen LogP contribution in [0.2, 0.25) is 0 Å². The van der Waals surface area contributed by atoms with E-state index in [9.17, 15) is 9.59 Å². The number of carbonyl (C=O) groups is 2. The lowest BCUT2D eigenvalue weighted by Crippen LogP contribution is -2.10. The second-order valence-electron chi connectivity index (χ2n) is 6.98. The van der Waals surface area contributed by atoms with Gasteiger partial charge in [0.1, 0.15) is 5.78 Å². The topological polar surface area (TPSA) is 54.4 Å². The molecule has 0 radical (unpaired) electrons. The molecule has 0 aromatic carbocycles. The summed E-state index contributed by atoms with van der Waals surface area (Å²) >= 11 is 0. The van der Waals surface area contributed by atoms with Crippen LogP contribution in [0.4, 0.5) is 0 Å². The van der Waals surface area contributed by atoms with Crippen LogP contribution < -0.4 is 0 Å². The van der Waals surface area contributed by atoms with Crippen LogP contribution in [0.5, 0.6) is 0 Å². The Morgan fingerprint density at radius 1 is 1.00 bits per heavy atom. The number of carboxylic acids is 1. The zero-order chi connectivity index (χ0) is 16.9. The van der Waals surface area contributed by atoms with Crippen molar-refractivity contribution in [2.45, 2.75) is 90.4 Å². The number of hydrogen-bond donors (Lipinski definition) is 1. The average Bonchev–Trinajstić information content (AvgIpc) is 2.96. The van der Waals surface area contributed by atoms with Gasteiger partial charge in [-0.05, 0) is 50.4 Å². The Hall–Kier alpha value is -1.12. The van der Waals surface area contributed by atoms with Gasteiger partial charge in [0.15, 0.2) is 0 Å². The van der Waals surface area contributed by atoms with Crippen molar-refractivity contribution in [3.8, 4) is 0 Å². The lowest BCUT2D eigenvalue weighted by molar-refractivity contribution is -0.137. The van der Waals surface area contributed by atoms with Gasteiger partial charge in [0, 0.05) is 19.3 Å². The van der Waals surface area contributed by atoms with Gasteiger partial charge < -0.3 is 5.11 Å². The van der Waals surface area contributed by atoms with Gasteiger partial charge in [0.2, 0.25) is 0 Å². The minimum atomic E-state index is -0.710. The Balaban J connectivity index is 2.16. The van der Waals surface area contributed by atoms with Crippen molar-refractivity contribution in [1.82, 2.24) is 0 Å². The molecule has 0 aromatic rings. The largest absolute Gasteiger partial charge is 0.481 e. The fourth-order valence-electron chi connectivity index (χ4n) is 3.61. The zero-order valence-corrected chi connectivity index (χ0v) is 14.8. The number of unbranched alkanes of at least 4 members (excludes halogenated alkanes) is 3. The molecule has 1 aliphatic carbocycles. The maximum absolute atomic E-state index is 11.9. The van der Waals surface area contributed by atoms with Gasteiger partial charge in [0.25, 0.3) is 0 Å². The Morgan fingerprint density at radius 2 is 1.78 bits per heavy atom. The van der Waals surface area contributed by atoms with Crippen molar-refractivity contribution in [3.63, 3.8) is 0 Å². The highest BCUT2D eigenvalue weighted by Gasteiger charge is 2.26. The van der Waals surface area contributed by atoms with Gasteiger partial charge in [-0.25, -0.2) is 0 Å². The monoisotopic (exact) mass is 322 g/mol. The van der Waals surface area contributed by atoms with Crippen molar-refractivity contribution in [1.29, 1.82) is 0 Å². The highest BCUT2D eigenvalue weighted by molar-refractivity contribution is 5.78. The number of rotatable bonds is 13. The Kier molecular flexibility index (Phi) is 10.7. The van der Waals surface area contributed by atoms with Gasteiger partial charge >= 0.3 is 5.97 Å². The molecular weight excluding hydrogens is 288 g/mol. The molecular formula is C20H34O3. The third kappa shape index (κ3) is 9.58. The summed E-state index contributed by atoms with van der Waals surface area (Å²) in [5.41, 5.74) is 0. The van der Waals surface area contributed by atoms with Gasteiger partial charge in [-0.15, -0.1) is 0 Å². The van der Waals surface area contributed by atoms with E-state index in [4.69, 9.17) is 5.11 Å². The van der Waals surface area contributed by atoms with Crippen LogP contribution in [-0.2, 0) is 9.59 Å².